The topological polar surface area (TPSA) is 158 Å². The van der Waals surface area contributed by atoms with Crippen molar-refractivity contribution in [3.8, 4) is 0 Å². The maximum Gasteiger partial charge on any atom is 0.303 e. The van der Waals surface area contributed by atoms with Gasteiger partial charge in [-0.1, -0.05) is 0 Å². The Morgan fingerprint density at radius 1 is 0.667 bits per heavy atom. The Morgan fingerprint density at radius 2 is 1.10 bits per heavy atom. The standard InChI is InChI=1S/C17H25O12P/c1-8(18)25-7-13-14(26-9(2)19)15(27-10(3)20)16(28-11(4)21)17(29-12(5)22)30(13,23)24-6/h13-17H,7H2,1-6H3/t13-,14+,15-,16-,17+,30?/m0/s1. The molecule has 1 fully saturated rings. The van der Waals surface area contributed by atoms with Crippen LogP contribution in [0.5, 0.6) is 0 Å². The molecule has 0 aromatic rings. The third-order valence-corrected chi connectivity index (χ3v) is 7.11. The van der Waals surface area contributed by atoms with Gasteiger partial charge in [0.2, 0.25) is 5.85 Å². The van der Waals surface area contributed by atoms with Gasteiger partial charge in [-0.25, -0.2) is 0 Å². The van der Waals surface area contributed by atoms with E-state index in [-0.39, 0.29) is 0 Å². The molecule has 1 saturated heterocycles. The number of carbonyl (C=O) groups is 5. The highest BCUT2D eigenvalue weighted by molar-refractivity contribution is 7.60. The minimum absolute atomic E-state index is 0.583. The third-order valence-electron chi connectivity index (χ3n) is 4.06. The number of esters is 5. The van der Waals surface area contributed by atoms with Crippen molar-refractivity contribution in [2.45, 2.75) is 64.4 Å². The lowest BCUT2D eigenvalue weighted by molar-refractivity contribution is -0.198. The summed E-state index contributed by atoms with van der Waals surface area (Å²) < 4.78 is 44.7. The van der Waals surface area contributed by atoms with E-state index in [0.29, 0.717) is 0 Å². The lowest BCUT2D eigenvalue weighted by atomic mass is 10.0. The molecule has 6 atom stereocenters. The third kappa shape index (κ3) is 6.27. The van der Waals surface area contributed by atoms with E-state index in [1.165, 1.54) is 0 Å². The van der Waals surface area contributed by atoms with Crippen LogP contribution in [0.1, 0.15) is 34.6 Å². The first-order valence-corrected chi connectivity index (χ1v) is 10.6. The smallest absolute Gasteiger partial charge is 0.303 e. The van der Waals surface area contributed by atoms with Crippen molar-refractivity contribution < 1.29 is 56.7 Å². The quantitative estimate of drug-likeness (QED) is 0.300. The molecule has 13 heteroatoms. The molecular weight excluding hydrogens is 427 g/mol. The highest BCUT2D eigenvalue weighted by Crippen LogP contribution is 2.63. The molecule has 12 nitrogen and oxygen atoms in total. The highest BCUT2D eigenvalue weighted by atomic mass is 31.2. The van der Waals surface area contributed by atoms with Crippen molar-refractivity contribution in [3.05, 3.63) is 0 Å². The van der Waals surface area contributed by atoms with E-state index in [2.05, 4.69) is 0 Å². The summed E-state index contributed by atoms with van der Waals surface area (Å²) in [6, 6.07) is 0. The Labute approximate surface area is 172 Å². The van der Waals surface area contributed by atoms with E-state index in [1.54, 1.807) is 0 Å². The summed E-state index contributed by atoms with van der Waals surface area (Å²) in [4.78, 5) is 58.2. The lowest BCUT2D eigenvalue weighted by Gasteiger charge is -2.47. The summed E-state index contributed by atoms with van der Waals surface area (Å²) in [6.45, 7) is 4.65. The molecule has 1 unspecified atom stereocenters. The van der Waals surface area contributed by atoms with Gasteiger partial charge in [0.05, 0.1) is 0 Å². The molecule has 1 aliphatic rings. The molecule has 1 heterocycles. The fourth-order valence-corrected chi connectivity index (χ4v) is 5.81. The number of hydrogen-bond donors (Lipinski definition) is 0. The molecule has 0 aromatic heterocycles. The number of hydrogen-bond acceptors (Lipinski definition) is 12. The fraction of sp³-hybridized carbons (Fsp3) is 0.706. The molecule has 1 rings (SSSR count). The van der Waals surface area contributed by atoms with Crippen LogP contribution in [-0.4, -0.2) is 73.4 Å². The molecule has 0 amide bonds. The molecule has 0 aliphatic carbocycles. The molecule has 1 aliphatic heterocycles. The van der Waals surface area contributed by atoms with Gasteiger partial charge < -0.3 is 28.2 Å². The van der Waals surface area contributed by atoms with Gasteiger partial charge in [-0.3, -0.25) is 28.5 Å². The van der Waals surface area contributed by atoms with Crippen molar-refractivity contribution in [2.24, 2.45) is 0 Å². The molecule has 0 bridgehead atoms. The van der Waals surface area contributed by atoms with Crippen LogP contribution in [0.15, 0.2) is 0 Å². The molecule has 30 heavy (non-hydrogen) atoms. The van der Waals surface area contributed by atoms with Crippen LogP contribution in [0.2, 0.25) is 0 Å². The van der Waals surface area contributed by atoms with E-state index >= 15 is 0 Å². The summed E-state index contributed by atoms with van der Waals surface area (Å²) in [5, 5.41) is 0. The zero-order chi connectivity index (χ0) is 23.2. The Bertz CT molecular complexity index is 747. The number of ether oxygens (including phenoxy) is 5. The minimum atomic E-state index is -4.20. The normalized spacial score (nSPS) is 30.5. The van der Waals surface area contributed by atoms with Crippen molar-refractivity contribution in [1.29, 1.82) is 0 Å². The minimum Gasteiger partial charge on any atom is -0.465 e. The Kier molecular flexibility index (Phi) is 8.98. The van der Waals surface area contributed by atoms with Crippen LogP contribution in [-0.2, 0) is 56.7 Å². The average molecular weight is 452 g/mol. The SMILES string of the molecule is COP1(=O)[C@@H](COC(C)=O)[C@@H](OC(C)=O)[C@H](OC(C)=O)[C@H](OC(C)=O)[C@@H]1OC(C)=O. The first-order chi connectivity index (χ1) is 13.8. The second-order valence-corrected chi connectivity index (χ2v) is 9.25. The monoisotopic (exact) mass is 452 g/mol. The van der Waals surface area contributed by atoms with Gasteiger partial charge >= 0.3 is 29.8 Å². The highest BCUT2D eigenvalue weighted by Gasteiger charge is 2.64. The van der Waals surface area contributed by atoms with E-state index in [4.69, 9.17) is 28.2 Å². The summed E-state index contributed by atoms with van der Waals surface area (Å²) in [7, 11) is -3.15. The number of rotatable bonds is 7. The maximum atomic E-state index is 13.8. The maximum absolute atomic E-state index is 13.8. The van der Waals surface area contributed by atoms with Gasteiger partial charge in [-0.05, 0) is 0 Å². The van der Waals surface area contributed by atoms with Crippen LogP contribution in [0.4, 0.5) is 0 Å². The lowest BCUT2D eigenvalue weighted by Crippen LogP contribution is -2.61. The summed E-state index contributed by atoms with van der Waals surface area (Å²) >= 11 is 0. The molecular formula is C17H25O12P. The van der Waals surface area contributed by atoms with E-state index in [9.17, 15) is 28.5 Å². The molecule has 0 aromatic carbocycles. The van der Waals surface area contributed by atoms with E-state index < -0.39 is 73.6 Å². The van der Waals surface area contributed by atoms with Gasteiger partial charge in [0.25, 0.3) is 7.37 Å². The largest absolute Gasteiger partial charge is 0.465 e. The second-order valence-electron chi connectivity index (χ2n) is 6.42. The zero-order valence-corrected chi connectivity index (χ0v) is 18.3. The van der Waals surface area contributed by atoms with Gasteiger partial charge in [0, 0.05) is 41.7 Å². The van der Waals surface area contributed by atoms with Crippen molar-refractivity contribution in [3.63, 3.8) is 0 Å². The van der Waals surface area contributed by atoms with Crippen molar-refractivity contribution in [1.82, 2.24) is 0 Å². The molecule has 0 N–H and O–H groups in total. The van der Waals surface area contributed by atoms with E-state index in [1.807, 2.05) is 0 Å². The van der Waals surface area contributed by atoms with Gasteiger partial charge in [-0.2, -0.15) is 0 Å². The molecule has 0 saturated carbocycles. The first-order valence-electron chi connectivity index (χ1n) is 8.80. The molecule has 0 spiro atoms. The number of carbonyl (C=O) groups excluding carboxylic acids is 5. The van der Waals surface area contributed by atoms with Crippen LogP contribution < -0.4 is 0 Å². The van der Waals surface area contributed by atoms with Crippen molar-refractivity contribution in [2.75, 3.05) is 13.7 Å². The van der Waals surface area contributed by atoms with Gasteiger partial charge in [0.15, 0.2) is 18.3 Å². The molecule has 0 radical (unpaired) electrons. The fourth-order valence-electron chi connectivity index (χ4n) is 3.10. The summed E-state index contributed by atoms with van der Waals surface area (Å²) in [5.41, 5.74) is -1.39. The summed E-state index contributed by atoms with van der Waals surface area (Å²) in [5.74, 6) is -5.93. The van der Waals surface area contributed by atoms with Crippen LogP contribution in [0.3, 0.4) is 0 Å². The Hall–Kier alpha value is -2.46. The van der Waals surface area contributed by atoms with Crippen molar-refractivity contribution >= 4 is 37.2 Å². The Balaban J connectivity index is 3.69. The van der Waals surface area contributed by atoms with Gasteiger partial charge in [0.1, 0.15) is 12.3 Å². The van der Waals surface area contributed by atoms with E-state index in [0.717, 1.165) is 41.7 Å². The zero-order valence-electron chi connectivity index (χ0n) is 17.4. The van der Waals surface area contributed by atoms with Gasteiger partial charge in [-0.15, -0.1) is 0 Å². The van der Waals surface area contributed by atoms with Crippen LogP contribution in [0.25, 0.3) is 0 Å². The predicted molar refractivity (Wildman–Crippen MR) is 97.3 cm³/mol. The Morgan fingerprint density at radius 3 is 1.50 bits per heavy atom. The van der Waals surface area contributed by atoms with Crippen LogP contribution in [0, 0.1) is 0 Å². The first kappa shape index (κ1) is 25.6. The second kappa shape index (κ2) is 10.5. The molecule has 170 valence electrons. The summed E-state index contributed by atoms with van der Waals surface area (Å²) in [6.07, 6.45) is -4.66. The van der Waals surface area contributed by atoms with Crippen LogP contribution >= 0.6 is 7.37 Å². The predicted octanol–water partition coefficient (Wildman–Crippen LogP) is 0.540. The average Bonchev–Trinajstić information content (AvgIpc) is 2.59.